The normalized spacial score (nSPS) is 12.7. The Hall–Kier alpha value is -2.31. The van der Waals surface area contributed by atoms with Crippen molar-refractivity contribution in [1.29, 1.82) is 0 Å². The fourth-order valence-electron chi connectivity index (χ4n) is 2.97. The van der Waals surface area contributed by atoms with Crippen molar-refractivity contribution in [3.8, 4) is 0 Å². The Morgan fingerprint density at radius 1 is 1.19 bits per heavy atom. The number of halogens is 1. The van der Waals surface area contributed by atoms with Gasteiger partial charge in [0.15, 0.2) is 5.76 Å². The van der Waals surface area contributed by atoms with Gasteiger partial charge in [0.2, 0.25) is 5.91 Å². The lowest BCUT2D eigenvalue weighted by atomic mass is 10.1. The van der Waals surface area contributed by atoms with Gasteiger partial charge in [-0.15, -0.1) is 12.4 Å². The molecule has 0 saturated heterocycles. The molecule has 1 aromatic heterocycles. The van der Waals surface area contributed by atoms with Crippen molar-refractivity contribution in [2.45, 2.75) is 26.3 Å². The van der Waals surface area contributed by atoms with Gasteiger partial charge in [0, 0.05) is 24.3 Å². The summed E-state index contributed by atoms with van der Waals surface area (Å²) in [6, 6.07) is 9.48. The van der Waals surface area contributed by atoms with E-state index in [9.17, 15) is 9.59 Å². The van der Waals surface area contributed by atoms with Crippen LogP contribution in [0.15, 0.2) is 41.0 Å². The summed E-state index contributed by atoms with van der Waals surface area (Å²) >= 11 is 0. The SMILES string of the molecule is CCCNCCNC(=O)c1occc1CN1C(=O)Cc2ccccc21.Cl. The highest BCUT2D eigenvalue weighted by Gasteiger charge is 2.28. The van der Waals surface area contributed by atoms with Crippen molar-refractivity contribution >= 4 is 29.9 Å². The van der Waals surface area contributed by atoms with Crippen LogP contribution in [0, 0.1) is 0 Å². The maximum absolute atomic E-state index is 12.3. The number of fused-ring (bicyclic) bond motifs is 1. The summed E-state index contributed by atoms with van der Waals surface area (Å²) in [6.45, 7) is 4.61. The summed E-state index contributed by atoms with van der Waals surface area (Å²) in [6.07, 6.45) is 2.95. The van der Waals surface area contributed by atoms with Gasteiger partial charge < -0.3 is 20.0 Å². The zero-order valence-electron chi connectivity index (χ0n) is 14.8. The third-order valence-electron chi connectivity index (χ3n) is 4.22. The van der Waals surface area contributed by atoms with Crippen molar-refractivity contribution in [3.05, 3.63) is 53.5 Å². The van der Waals surface area contributed by atoms with E-state index in [1.165, 1.54) is 6.26 Å². The summed E-state index contributed by atoms with van der Waals surface area (Å²) in [7, 11) is 0. The van der Waals surface area contributed by atoms with Gasteiger partial charge in [-0.3, -0.25) is 9.59 Å². The van der Waals surface area contributed by atoms with E-state index < -0.39 is 0 Å². The van der Waals surface area contributed by atoms with Crippen LogP contribution >= 0.6 is 12.4 Å². The minimum atomic E-state index is -0.252. The number of rotatable bonds is 8. The maximum Gasteiger partial charge on any atom is 0.287 e. The van der Waals surface area contributed by atoms with Crippen LogP contribution < -0.4 is 15.5 Å². The number of carbonyl (C=O) groups excluding carboxylic acids is 2. The molecule has 0 fully saturated rings. The van der Waals surface area contributed by atoms with Gasteiger partial charge >= 0.3 is 0 Å². The number of para-hydroxylation sites is 1. The van der Waals surface area contributed by atoms with Crippen molar-refractivity contribution in [2.24, 2.45) is 0 Å². The first-order valence-electron chi connectivity index (χ1n) is 8.64. The Balaban J connectivity index is 0.00000243. The number of amides is 2. The van der Waals surface area contributed by atoms with Gasteiger partial charge in [-0.05, 0) is 30.7 Å². The highest BCUT2D eigenvalue weighted by Crippen LogP contribution is 2.30. The molecule has 26 heavy (non-hydrogen) atoms. The van der Waals surface area contributed by atoms with Crippen molar-refractivity contribution in [1.82, 2.24) is 10.6 Å². The molecule has 2 aromatic rings. The molecule has 1 aromatic carbocycles. The lowest BCUT2D eigenvalue weighted by Crippen LogP contribution is -2.33. The molecule has 6 nitrogen and oxygen atoms in total. The largest absolute Gasteiger partial charge is 0.459 e. The molecule has 2 heterocycles. The summed E-state index contributed by atoms with van der Waals surface area (Å²) in [5.74, 6) is 0.0587. The second-order valence-corrected chi connectivity index (χ2v) is 6.07. The van der Waals surface area contributed by atoms with E-state index in [1.807, 2.05) is 24.3 Å². The fourth-order valence-corrected chi connectivity index (χ4v) is 2.97. The molecule has 1 aliphatic heterocycles. The molecule has 0 bridgehead atoms. The zero-order valence-corrected chi connectivity index (χ0v) is 15.6. The molecule has 0 atom stereocenters. The molecule has 0 radical (unpaired) electrons. The average molecular weight is 378 g/mol. The smallest absolute Gasteiger partial charge is 0.287 e. The average Bonchev–Trinajstić information content (AvgIpc) is 3.20. The lowest BCUT2D eigenvalue weighted by molar-refractivity contribution is -0.117. The molecule has 1 aliphatic rings. The topological polar surface area (TPSA) is 74.6 Å². The van der Waals surface area contributed by atoms with Crippen LogP contribution in [0.2, 0.25) is 0 Å². The van der Waals surface area contributed by atoms with E-state index in [4.69, 9.17) is 4.42 Å². The van der Waals surface area contributed by atoms with Crippen LogP contribution in [-0.2, 0) is 17.8 Å². The predicted octanol–water partition coefficient (Wildman–Crippen LogP) is 2.52. The standard InChI is InChI=1S/C19H23N3O3.ClH/c1-2-8-20-9-10-21-19(24)18-15(7-11-25-18)13-22-16-6-4-3-5-14(16)12-17(22)23;/h3-7,11,20H,2,8-10,12-13H2,1H3,(H,21,24);1H. The molecule has 0 aliphatic carbocycles. The summed E-state index contributed by atoms with van der Waals surface area (Å²) in [4.78, 5) is 26.3. The Bertz CT molecular complexity index is 760. The third-order valence-corrected chi connectivity index (χ3v) is 4.22. The summed E-state index contributed by atoms with van der Waals surface area (Å²) in [5.41, 5.74) is 2.64. The van der Waals surface area contributed by atoms with Gasteiger partial charge in [-0.25, -0.2) is 0 Å². The predicted molar refractivity (Wildman–Crippen MR) is 103 cm³/mol. The van der Waals surface area contributed by atoms with Crippen LogP contribution in [0.1, 0.15) is 35.0 Å². The Labute approximate surface area is 159 Å². The highest BCUT2D eigenvalue weighted by atomic mass is 35.5. The van der Waals surface area contributed by atoms with Gasteiger partial charge in [0.05, 0.1) is 19.2 Å². The molecule has 0 unspecified atom stereocenters. The fraction of sp³-hybridized carbons (Fsp3) is 0.368. The number of hydrogen-bond acceptors (Lipinski definition) is 4. The van der Waals surface area contributed by atoms with E-state index in [0.717, 1.165) is 24.2 Å². The number of anilines is 1. The van der Waals surface area contributed by atoms with E-state index >= 15 is 0 Å². The van der Waals surface area contributed by atoms with Gasteiger partial charge in [0.1, 0.15) is 0 Å². The zero-order chi connectivity index (χ0) is 17.6. The second-order valence-electron chi connectivity index (χ2n) is 6.07. The number of benzene rings is 1. The maximum atomic E-state index is 12.3. The summed E-state index contributed by atoms with van der Waals surface area (Å²) < 4.78 is 5.37. The summed E-state index contributed by atoms with van der Waals surface area (Å²) in [5, 5.41) is 6.07. The number of hydrogen-bond donors (Lipinski definition) is 2. The molecule has 2 N–H and O–H groups in total. The minimum absolute atomic E-state index is 0. The number of furan rings is 1. The quantitative estimate of drug-likeness (QED) is 0.693. The molecule has 7 heteroatoms. The molecule has 0 saturated carbocycles. The van der Waals surface area contributed by atoms with Crippen LogP contribution in [0.5, 0.6) is 0 Å². The molecule has 3 rings (SSSR count). The highest BCUT2D eigenvalue weighted by molar-refractivity contribution is 6.01. The van der Waals surface area contributed by atoms with Crippen LogP contribution in [0.4, 0.5) is 5.69 Å². The molecule has 140 valence electrons. The van der Waals surface area contributed by atoms with Gasteiger partial charge in [-0.1, -0.05) is 25.1 Å². The Kier molecular flexibility index (Phi) is 7.24. The first-order chi connectivity index (χ1) is 12.2. The molecule has 0 spiro atoms. The molecule has 2 amide bonds. The van der Waals surface area contributed by atoms with Crippen molar-refractivity contribution in [3.63, 3.8) is 0 Å². The minimum Gasteiger partial charge on any atom is -0.459 e. The first kappa shape index (κ1) is 20.0. The van der Waals surface area contributed by atoms with E-state index in [0.29, 0.717) is 31.6 Å². The van der Waals surface area contributed by atoms with E-state index in [-0.39, 0.29) is 30.0 Å². The van der Waals surface area contributed by atoms with Crippen LogP contribution in [-0.4, -0.2) is 31.4 Å². The van der Waals surface area contributed by atoms with Gasteiger partial charge in [0.25, 0.3) is 5.91 Å². The van der Waals surface area contributed by atoms with Crippen molar-refractivity contribution < 1.29 is 14.0 Å². The lowest BCUT2D eigenvalue weighted by Gasteiger charge is -2.17. The second kappa shape index (κ2) is 9.40. The van der Waals surface area contributed by atoms with E-state index in [2.05, 4.69) is 17.6 Å². The number of carbonyl (C=O) groups is 2. The Morgan fingerprint density at radius 2 is 2.00 bits per heavy atom. The number of nitrogens with one attached hydrogen (secondary N) is 2. The van der Waals surface area contributed by atoms with Crippen LogP contribution in [0.3, 0.4) is 0 Å². The molecular weight excluding hydrogens is 354 g/mol. The first-order valence-corrected chi connectivity index (χ1v) is 8.64. The molecular formula is C19H24ClN3O3. The number of nitrogens with zero attached hydrogens (tertiary/aromatic N) is 1. The van der Waals surface area contributed by atoms with Crippen molar-refractivity contribution in [2.75, 3.05) is 24.5 Å². The van der Waals surface area contributed by atoms with E-state index in [1.54, 1.807) is 11.0 Å². The van der Waals surface area contributed by atoms with Crippen LogP contribution in [0.25, 0.3) is 0 Å². The third kappa shape index (κ3) is 4.45. The van der Waals surface area contributed by atoms with Gasteiger partial charge in [-0.2, -0.15) is 0 Å². The Morgan fingerprint density at radius 3 is 2.81 bits per heavy atom. The monoisotopic (exact) mass is 377 g/mol.